The molecule has 22 heavy (non-hydrogen) atoms. The van der Waals surface area contributed by atoms with Gasteiger partial charge in [-0.2, -0.15) is 5.10 Å². The molecule has 0 atom stereocenters. The van der Waals surface area contributed by atoms with Crippen molar-refractivity contribution in [3.8, 4) is 0 Å². The van der Waals surface area contributed by atoms with Gasteiger partial charge in [0.15, 0.2) is 0 Å². The zero-order valence-electron chi connectivity index (χ0n) is 12.5. The Bertz CT molecular complexity index is 875. The van der Waals surface area contributed by atoms with Crippen LogP contribution in [0.15, 0.2) is 35.6 Å². The predicted molar refractivity (Wildman–Crippen MR) is 86.2 cm³/mol. The Kier molecular flexibility index (Phi) is 3.82. The molecule has 0 radical (unpaired) electrons. The first-order valence-corrected chi connectivity index (χ1v) is 7.16. The first-order valence-electron chi connectivity index (χ1n) is 7.16. The van der Waals surface area contributed by atoms with Crippen molar-refractivity contribution in [1.82, 2.24) is 24.7 Å². The summed E-state index contributed by atoms with van der Waals surface area (Å²) in [4.78, 5) is 23.1. The fourth-order valence-electron chi connectivity index (χ4n) is 2.20. The molecule has 0 aromatic carbocycles. The van der Waals surface area contributed by atoms with Gasteiger partial charge in [0.2, 0.25) is 0 Å². The molecule has 0 bridgehead atoms. The highest BCUT2D eigenvalue weighted by Crippen LogP contribution is 2.08. The van der Waals surface area contributed by atoms with Gasteiger partial charge in [0.05, 0.1) is 23.3 Å². The second-order valence-corrected chi connectivity index (χ2v) is 5.57. The van der Waals surface area contributed by atoms with E-state index >= 15 is 0 Å². The van der Waals surface area contributed by atoms with Gasteiger partial charge >= 0.3 is 0 Å². The second kappa shape index (κ2) is 5.93. The van der Waals surface area contributed by atoms with Crippen LogP contribution in [-0.4, -0.2) is 24.7 Å². The normalized spacial score (nSPS) is 11.8. The zero-order chi connectivity index (χ0) is 15.5. The van der Waals surface area contributed by atoms with E-state index < -0.39 is 0 Å². The van der Waals surface area contributed by atoms with Crippen molar-refractivity contribution in [2.75, 3.05) is 0 Å². The number of aromatic amines is 1. The van der Waals surface area contributed by atoms with Gasteiger partial charge in [-0.15, -0.1) is 0 Å². The van der Waals surface area contributed by atoms with Gasteiger partial charge in [-0.05, 0) is 24.1 Å². The van der Waals surface area contributed by atoms with Crippen molar-refractivity contribution in [1.29, 1.82) is 0 Å². The summed E-state index contributed by atoms with van der Waals surface area (Å²) in [7, 11) is 0. The van der Waals surface area contributed by atoms with E-state index in [0.29, 0.717) is 22.6 Å². The summed E-state index contributed by atoms with van der Waals surface area (Å²) in [6.45, 7) is 5.18. The molecule has 0 amide bonds. The fourth-order valence-corrected chi connectivity index (χ4v) is 2.20. The van der Waals surface area contributed by atoms with E-state index in [4.69, 9.17) is 0 Å². The molecule has 0 saturated heterocycles. The Balaban J connectivity index is 1.86. The molecule has 0 aliphatic heterocycles. The van der Waals surface area contributed by atoms with Gasteiger partial charge in [0.1, 0.15) is 5.82 Å². The minimum Gasteiger partial charge on any atom is -0.306 e. The standard InChI is InChI=1S/C16H17N5O/c1-11(2)9-21-10-12(7-18-21)3-4-15-19-14-8-17-6-5-13(14)16(22)20-15/h3-8,10-11H,9H2,1-2H3,(H,19,20,22). The van der Waals surface area contributed by atoms with Gasteiger partial charge in [-0.1, -0.05) is 13.8 Å². The summed E-state index contributed by atoms with van der Waals surface area (Å²) in [5, 5.41) is 4.84. The molecule has 0 aliphatic rings. The number of hydrogen-bond acceptors (Lipinski definition) is 4. The van der Waals surface area contributed by atoms with Gasteiger partial charge in [0.25, 0.3) is 5.56 Å². The van der Waals surface area contributed by atoms with E-state index in [-0.39, 0.29) is 5.56 Å². The van der Waals surface area contributed by atoms with E-state index in [0.717, 1.165) is 12.1 Å². The lowest BCUT2D eigenvalue weighted by Crippen LogP contribution is -2.09. The van der Waals surface area contributed by atoms with Crippen molar-refractivity contribution < 1.29 is 0 Å². The van der Waals surface area contributed by atoms with E-state index in [2.05, 4.69) is 33.9 Å². The molecular formula is C16H17N5O. The Morgan fingerprint density at radius 1 is 1.32 bits per heavy atom. The first kappa shape index (κ1) is 14.2. The van der Waals surface area contributed by atoms with E-state index in [1.54, 1.807) is 30.7 Å². The van der Waals surface area contributed by atoms with Crippen LogP contribution in [0.2, 0.25) is 0 Å². The molecule has 3 heterocycles. The molecule has 0 fully saturated rings. The van der Waals surface area contributed by atoms with Crippen LogP contribution in [0.3, 0.4) is 0 Å². The minimum atomic E-state index is -0.164. The van der Waals surface area contributed by atoms with Crippen LogP contribution < -0.4 is 5.56 Å². The third kappa shape index (κ3) is 3.11. The third-order valence-electron chi connectivity index (χ3n) is 3.17. The molecule has 0 aliphatic carbocycles. The van der Waals surface area contributed by atoms with Crippen molar-refractivity contribution in [3.05, 3.63) is 52.6 Å². The van der Waals surface area contributed by atoms with Crippen LogP contribution in [0.1, 0.15) is 25.2 Å². The number of H-pyrrole nitrogens is 1. The molecule has 3 rings (SSSR count). The molecule has 6 nitrogen and oxygen atoms in total. The largest absolute Gasteiger partial charge is 0.306 e. The van der Waals surface area contributed by atoms with Crippen LogP contribution in [0, 0.1) is 5.92 Å². The third-order valence-corrected chi connectivity index (χ3v) is 3.17. The number of aromatic nitrogens is 5. The van der Waals surface area contributed by atoms with Gasteiger partial charge in [-0.3, -0.25) is 14.5 Å². The van der Waals surface area contributed by atoms with Gasteiger partial charge < -0.3 is 4.98 Å². The quantitative estimate of drug-likeness (QED) is 0.801. The number of nitrogens with one attached hydrogen (secondary N) is 1. The van der Waals surface area contributed by atoms with Crippen LogP contribution in [0.5, 0.6) is 0 Å². The Hall–Kier alpha value is -2.76. The van der Waals surface area contributed by atoms with Gasteiger partial charge in [-0.25, -0.2) is 4.98 Å². The minimum absolute atomic E-state index is 0.164. The topological polar surface area (TPSA) is 76.5 Å². The van der Waals surface area contributed by atoms with Crippen molar-refractivity contribution in [2.24, 2.45) is 5.92 Å². The molecule has 1 N–H and O–H groups in total. The summed E-state index contributed by atoms with van der Waals surface area (Å²) in [6.07, 6.45) is 10.6. The summed E-state index contributed by atoms with van der Waals surface area (Å²) in [5.41, 5.74) is 1.39. The average Bonchev–Trinajstić information content (AvgIpc) is 2.92. The monoisotopic (exact) mass is 295 g/mol. The van der Waals surface area contributed by atoms with E-state index in [1.165, 1.54) is 0 Å². The summed E-state index contributed by atoms with van der Waals surface area (Å²) < 4.78 is 1.91. The van der Waals surface area contributed by atoms with Crippen molar-refractivity contribution in [3.63, 3.8) is 0 Å². The highest BCUT2D eigenvalue weighted by Gasteiger charge is 2.02. The maximum absolute atomic E-state index is 12.0. The highest BCUT2D eigenvalue weighted by atomic mass is 16.1. The van der Waals surface area contributed by atoms with Crippen LogP contribution in [0.4, 0.5) is 0 Å². The lowest BCUT2D eigenvalue weighted by Gasteiger charge is -2.02. The number of rotatable bonds is 4. The summed E-state index contributed by atoms with van der Waals surface area (Å²) >= 11 is 0. The molecular weight excluding hydrogens is 278 g/mol. The fraction of sp³-hybridized carbons (Fsp3) is 0.250. The lowest BCUT2D eigenvalue weighted by molar-refractivity contribution is 0.483. The predicted octanol–water partition coefficient (Wildman–Crippen LogP) is 2.34. The van der Waals surface area contributed by atoms with E-state index in [1.807, 2.05) is 17.0 Å². The maximum Gasteiger partial charge on any atom is 0.259 e. The Labute approximate surface area is 127 Å². The van der Waals surface area contributed by atoms with Gasteiger partial charge in [0, 0.05) is 24.5 Å². The molecule has 0 unspecified atom stereocenters. The van der Waals surface area contributed by atoms with Crippen LogP contribution in [-0.2, 0) is 6.54 Å². The molecule has 0 saturated carbocycles. The average molecular weight is 295 g/mol. The zero-order valence-corrected chi connectivity index (χ0v) is 12.5. The number of pyridine rings is 1. The van der Waals surface area contributed by atoms with Crippen LogP contribution in [0.25, 0.3) is 23.1 Å². The molecule has 0 spiro atoms. The Morgan fingerprint density at radius 3 is 3.00 bits per heavy atom. The summed E-state index contributed by atoms with van der Waals surface area (Å²) in [5.74, 6) is 1.05. The van der Waals surface area contributed by atoms with Crippen LogP contribution >= 0.6 is 0 Å². The lowest BCUT2D eigenvalue weighted by atomic mass is 10.2. The van der Waals surface area contributed by atoms with E-state index in [9.17, 15) is 4.79 Å². The molecule has 3 aromatic rings. The molecule has 6 heteroatoms. The highest BCUT2D eigenvalue weighted by molar-refractivity contribution is 5.77. The molecule has 3 aromatic heterocycles. The number of nitrogens with zero attached hydrogens (tertiary/aromatic N) is 4. The SMILES string of the molecule is CC(C)Cn1cc(C=Cc2nc3cnccc3c(=O)[nH]2)cn1. The Morgan fingerprint density at radius 2 is 2.18 bits per heavy atom. The number of hydrogen-bond donors (Lipinski definition) is 1. The van der Waals surface area contributed by atoms with Crippen molar-refractivity contribution in [2.45, 2.75) is 20.4 Å². The van der Waals surface area contributed by atoms with Crippen molar-refractivity contribution >= 4 is 23.1 Å². The summed E-state index contributed by atoms with van der Waals surface area (Å²) in [6, 6.07) is 1.66. The second-order valence-electron chi connectivity index (χ2n) is 5.57. The smallest absolute Gasteiger partial charge is 0.259 e. The maximum atomic E-state index is 12.0. The molecule has 112 valence electrons. The number of fused-ring (bicyclic) bond motifs is 1. The first-order chi connectivity index (χ1) is 10.6.